The molecule has 4 rings (SSSR count). The molecule has 196 valence electrons. The highest BCUT2D eigenvalue weighted by molar-refractivity contribution is 7.90. The second-order valence-electron chi connectivity index (χ2n) is 10.8. The van der Waals surface area contributed by atoms with Gasteiger partial charge in [0.1, 0.15) is 11.6 Å². The number of anilines is 3. The third-order valence-electron chi connectivity index (χ3n) is 6.48. The first-order valence-corrected chi connectivity index (χ1v) is 13.3. The van der Waals surface area contributed by atoms with Crippen molar-refractivity contribution in [3.8, 4) is 0 Å². The van der Waals surface area contributed by atoms with Gasteiger partial charge in [-0.1, -0.05) is 13.0 Å². The van der Waals surface area contributed by atoms with Crippen molar-refractivity contribution in [3.05, 3.63) is 35.6 Å². The molecule has 4 heterocycles. The number of nitrogens with two attached hydrogens (primary N) is 1. The summed E-state index contributed by atoms with van der Waals surface area (Å²) in [6.07, 6.45) is 0.832. The van der Waals surface area contributed by atoms with Crippen molar-refractivity contribution in [2.75, 3.05) is 41.8 Å². The molecule has 2 fully saturated rings. The molecular weight excluding hydrogens is 487 g/mol. The number of halogens is 1. The molecule has 36 heavy (non-hydrogen) atoms. The second kappa shape index (κ2) is 9.15. The maximum atomic E-state index is 15.5. The molecule has 2 saturated heterocycles. The first kappa shape index (κ1) is 26.1. The number of pyridine rings is 2. The zero-order chi connectivity index (χ0) is 26.5. The van der Waals surface area contributed by atoms with Crippen LogP contribution in [0.4, 0.5) is 21.8 Å². The van der Waals surface area contributed by atoms with Crippen molar-refractivity contribution in [2.45, 2.75) is 57.2 Å². The maximum absolute atomic E-state index is 15.5. The number of hydrogen-bond donors (Lipinski definition) is 2. The maximum Gasteiger partial charge on any atom is 0.281 e. The Hall–Kier alpha value is -2.99. The number of hydrogen-bond acceptors (Lipinski definition) is 9. The monoisotopic (exact) mass is 520 g/mol. The highest BCUT2D eigenvalue weighted by Gasteiger charge is 2.40. The molecule has 3 N–H and O–H groups in total. The minimum absolute atomic E-state index is 0.00989. The van der Waals surface area contributed by atoms with Crippen LogP contribution in [0.2, 0.25) is 0 Å². The largest absolute Gasteiger partial charge is 0.384 e. The molecule has 2 aliphatic rings. The molecule has 1 amide bonds. The predicted molar refractivity (Wildman–Crippen MR) is 135 cm³/mol. The van der Waals surface area contributed by atoms with Gasteiger partial charge < -0.3 is 20.3 Å². The predicted octanol–water partition coefficient (Wildman–Crippen LogP) is 2.56. The molecule has 0 aromatic carbocycles. The molecule has 0 unspecified atom stereocenters. The van der Waals surface area contributed by atoms with Crippen LogP contribution < -0.4 is 20.3 Å². The molecule has 0 bridgehead atoms. The molecule has 0 aliphatic carbocycles. The normalized spacial score (nSPS) is 21.4. The van der Waals surface area contributed by atoms with Gasteiger partial charge in [0.15, 0.2) is 16.7 Å². The lowest BCUT2D eigenvalue weighted by Gasteiger charge is -2.40. The SMILES string of the molecule is C[C@@H]1CN(c2nc(N3CCOC(C)(C)C3)c(F)cc2C(=O)NS(=O)(=O)c2cccc(N)n2)C(C)(C)C1. The third kappa shape index (κ3) is 5.24. The Morgan fingerprint density at radius 3 is 2.56 bits per heavy atom. The number of nitrogen functional groups attached to an aromatic ring is 1. The van der Waals surface area contributed by atoms with Gasteiger partial charge >= 0.3 is 0 Å². The highest BCUT2D eigenvalue weighted by Crippen LogP contribution is 2.39. The average Bonchev–Trinajstić information content (AvgIpc) is 3.04. The first-order chi connectivity index (χ1) is 16.7. The summed E-state index contributed by atoms with van der Waals surface area (Å²) >= 11 is 0. The van der Waals surface area contributed by atoms with Gasteiger partial charge in [0.05, 0.1) is 17.8 Å². The van der Waals surface area contributed by atoms with E-state index in [0.29, 0.717) is 32.2 Å². The number of carbonyl (C=O) groups is 1. The van der Waals surface area contributed by atoms with E-state index in [4.69, 9.17) is 10.5 Å². The quantitative estimate of drug-likeness (QED) is 0.611. The van der Waals surface area contributed by atoms with E-state index in [0.717, 1.165) is 12.5 Å². The standard InChI is InChI=1S/C24H33FN6O4S/c1-15-12-23(2,3)31(13-15)20-16(22(32)29-36(33,34)19-8-6-7-18(26)27-19)11-17(25)21(28-20)30-9-10-35-24(4,5)14-30/h6-8,11,15H,9-10,12-14H2,1-5H3,(H2,26,27)(H,29,32)/t15-/m0/s1. The number of morpholine rings is 1. The Morgan fingerprint density at radius 2 is 1.94 bits per heavy atom. The van der Waals surface area contributed by atoms with Crippen molar-refractivity contribution in [3.63, 3.8) is 0 Å². The fourth-order valence-electron chi connectivity index (χ4n) is 5.03. The minimum atomic E-state index is -4.36. The summed E-state index contributed by atoms with van der Waals surface area (Å²) in [5, 5.41) is -0.409. The van der Waals surface area contributed by atoms with E-state index in [9.17, 15) is 13.2 Å². The fourth-order valence-corrected chi connectivity index (χ4v) is 5.97. The molecule has 1 atom stereocenters. The van der Waals surface area contributed by atoms with Crippen molar-refractivity contribution in [1.82, 2.24) is 14.7 Å². The van der Waals surface area contributed by atoms with Gasteiger partial charge in [-0.2, -0.15) is 8.42 Å². The number of rotatable bonds is 5. The van der Waals surface area contributed by atoms with E-state index in [-0.39, 0.29) is 28.6 Å². The summed E-state index contributed by atoms with van der Waals surface area (Å²) in [5.41, 5.74) is 4.56. The first-order valence-electron chi connectivity index (χ1n) is 11.9. The minimum Gasteiger partial charge on any atom is -0.384 e. The number of nitrogens with one attached hydrogen (secondary N) is 1. The second-order valence-corrected chi connectivity index (χ2v) is 12.4. The van der Waals surface area contributed by atoms with Crippen molar-refractivity contribution in [2.24, 2.45) is 5.92 Å². The lowest BCUT2D eigenvalue weighted by atomic mass is 9.97. The summed E-state index contributed by atoms with van der Waals surface area (Å²) < 4.78 is 48.9. The lowest BCUT2D eigenvalue weighted by molar-refractivity contribution is -0.0280. The number of carbonyl (C=O) groups excluding carboxylic acids is 1. The van der Waals surface area contributed by atoms with Gasteiger partial charge in [-0.05, 0) is 58.2 Å². The van der Waals surface area contributed by atoms with E-state index < -0.39 is 32.4 Å². The van der Waals surface area contributed by atoms with E-state index in [1.807, 2.05) is 37.3 Å². The summed E-state index contributed by atoms with van der Waals surface area (Å²) in [6.45, 7) is 11.8. The van der Waals surface area contributed by atoms with E-state index in [1.165, 1.54) is 18.2 Å². The summed E-state index contributed by atoms with van der Waals surface area (Å²) in [5.74, 6) is -1.08. The van der Waals surface area contributed by atoms with Crippen LogP contribution in [0.1, 0.15) is 51.4 Å². The molecule has 0 saturated carbocycles. The zero-order valence-electron chi connectivity index (χ0n) is 21.2. The molecule has 12 heteroatoms. The fraction of sp³-hybridized carbons (Fsp3) is 0.542. The molecule has 10 nitrogen and oxygen atoms in total. The number of amides is 1. The molecule has 2 aromatic heterocycles. The van der Waals surface area contributed by atoms with Gasteiger partial charge in [-0.15, -0.1) is 0 Å². The molecule has 0 radical (unpaired) electrons. The number of ether oxygens (including phenoxy) is 1. The van der Waals surface area contributed by atoms with Gasteiger partial charge in [0, 0.05) is 25.2 Å². The Balaban J connectivity index is 1.77. The zero-order valence-corrected chi connectivity index (χ0v) is 22.0. The molecule has 2 aliphatic heterocycles. The summed E-state index contributed by atoms with van der Waals surface area (Å²) in [4.78, 5) is 25.5. The Morgan fingerprint density at radius 1 is 1.22 bits per heavy atom. The van der Waals surface area contributed by atoms with Crippen LogP contribution in [0.25, 0.3) is 0 Å². The van der Waals surface area contributed by atoms with E-state index in [2.05, 4.69) is 16.9 Å². The Kier molecular flexibility index (Phi) is 6.63. The number of nitrogens with zero attached hydrogens (tertiary/aromatic N) is 4. The Bertz CT molecular complexity index is 1280. The highest BCUT2D eigenvalue weighted by atomic mass is 32.2. The summed E-state index contributed by atoms with van der Waals surface area (Å²) in [6, 6.07) is 5.14. The van der Waals surface area contributed by atoms with Crippen LogP contribution in [0, 0.1) is 11.7 Å². The molecule has 0 spiro atoms. The van der Waals surface area contributed by atoms with Crippen LogP contribution in [-0.2, 0) is 14.8 Å². The van der Waals surface area contributed by atoms with Crippen LogP contribution >= 0.6 is 0 Å². The van der Waals surface area contributed by atoms with E-state index >= 15 is 4.39 Å². The van der Waals surface area contributed by atoms with Gasteiger partial charge in [-0.3, -0.25) is 4.79 Å². The lowest BCUT2D eigenvalue weighted by Crippen LogP contribution is -2.49. The van der Waals surface area contributed by atoms with Crippen molar-refractivity contribution < 1.29 is 22.3 Å². The summed E-state index contributed by atoms with van der Waals surface area (Å²) in [7, 11) is -4.36. The van der Waals surface area contributed by atoms with Gasteiger partial charge in [0.2, 0.25) is 0 Å². The topological polar surface area (TPSA) is 131 Å². The van der Waals surface area contributed by atoms with Crippen LogP contribution in [0.3, 0.4) is 0 Å². The number of sulfonamides is 1. The molecule has 2 aromatic rings. The van der Waals surface area contributed by atoms with Crippen LogP contribution in [-0.4, -0.2) is 61.7 Å². The average molecular weight is 521 g/mol. The van der Waals surface area contributed by atoms with Crippen molar-refractivity contribution in [1.29, 1.82) is 0 Å². The Labute approximate surface area is 211 Å². The van der Waals surface area contributed by atoms with Crippen LogP contribution in [0.5, 0.6) is 0 Å². The van der Waals surface area contributed by atoms with Crippen molar-refractivity contribution >= 4 is 33.4 Å². The van der Waals surface area contributed by atoms with E-state index in [1.54, 1.807) is 4.90 Å². The van der Waals surface area contributed by atoms with Gasteiger partial charge in [-0.25, -0.2) is 19.1 Å². The number of aromatic nitrogens is 2. The smallest absolute Gasteiger partial charge is 0.281 e. The van der Waals surface area contributed by atoms with Gasteiger partial charge in [0.25, 0.3) is 15.9 Å². The van der Waals surface area contributed by atoms with Crippen LogP contribution in [0.15, 0.2) is 29.3 Å². The molecular formula is C24H33FN6O4S. The third-order valence-corrected chi connectivity index (χ3v) is 7.72.